The van der Waals surface area contributed by atoms with Gasteiger partial charge in [0, 0.05) is 5.02 Å². The van der Waals surface area contributed by atoms with Gasteiger partial charge in [-0.3, -0.25) is 0 Å². The van der Waals surface area contributed by atoms with E-state index in [4.69, 9.17) is 11.6 Å². The molecule has 0 unspecified atom stereocenters. The summed E-state index contributed by atoms with van der Waals surface area (Å²) in [7, 11) is -4.80. The van der Waals surface area contributed by atoms with Crippen LogP contribution in [0.15, 0.2) is 41.6 Å². The van der Waals surface area contributed by atoms with Gasteiger partial charge in [-0.15, -0.1) is 0 Å². The molecule has 0 aliphatic carbocycles. The topological polar surface area (TPSA) is 34.1 Å². The van der Waals surface area contributed by atoms with Crippen molar-refractivity contribution in [3.8, 4) is 0 Å². The molecule has 24 heavy (non-hydrogen) atoms. The summed E-state index contributed by atoms with van der Waals surface area (Å²) in [4.78, 5) is 0. The van der Waals surface area contributed by atoms with Crippen LogP contribution in [0.25, 0.3) is 5.83 Å². The molecule has 0 saturated heterocycles. The zero-order valence-electron chi connectivity index (χ0n) is 11.7. The van der Waals surface area contributed by atoms with Crippen LogP contribution in [-0.2, 0) is 15.6 Å². The summed E-state index contributed by atoms with van der Waals surface area (Å²) < 4.78 is 91.0. The van der Waals surface area contributed by atoms with Gasteiger partial charge in [-0.05, 0) is 29.8 Å². The minimum Gasteiger partial charge on any atom is -0.221 e. The van der Waals surface area contributed by atoms with Crippen molar-refractivity contribution in [1.29, 1.82) is 0 Å². The Morgan fingerprint density at radius 2 is 1.50 bits per heavy atom. The Bertz CT molecular complexity index is 908. The van der Waals surface area contributed by atoms with Gasteiger partial charge in [0.2, 0.25) is 9.84 Å². The largest absolute Gasteiger partial charge is 0.251 e. The second kappa shape index (κ2) is 6.90. The van der Waals surface area contributed by atoms with Crippen LogP contribution in [0.3, 0.4) is 0 Å². The molecule has 0 aromatic heterocycles. The fourth-order valence-electron chi connectivity index (χ4n) is 1.80. The molecule has 9 heteroatoms. The molecule has 0 saturated carbocycles. The molecule has 2 aromatic carbocycles. The van der Waals surface area contributed by atoms with Crippen molar-refractivity contribution in [1.82, 2.24) is 0 Å². The lowest BCUT2D eigenvalue weighted by molar-refractivity contribution is 0.443. The summed E-state index contributed by atoms with van der Waals surface area (Å²) in [5, 5.41) is -1.97. The van der Waals surface area contributed by atoms with Crippen molar-refractivity contribution < 1.29 is 30.4 Å². The molecule has 2 nitrogen and oxygen atoms in total. The Hall–Kier alpha value is -1.93. The van der Waals surface area contributed by atoms with E-state index in [-0.39, 0.29) is 5.56 Å². The highest BCUT2D eigenvalue weighted by atomic mass is 35.5. The predicted molar refractivity (Wildman–Crippen MR) is 79.5 cm³/mol. The van der Waals surface area contributed by atoms with Crippen molar-refractivity contribution in [3.05, 3.63) is 75.2 Å². The van der Waals surface area contributed by atoms with E-state index in [1.807, 2.05) is 0 Å². The maximum atomic E-state index is 13.9. The van der Waals surface area contributed by atoms with Gasteiger partial charge in [0.15, 0.2) is 23.3 Å². The Balaban J connectivity index is 2.44. The molecule has 0 N–H and O–H groups in total. The van der Waals surface area contributed by atoms with Gasteiger partial charge >= 0.3 is 0 Å². The number of halogens is 6. The minimum absolute atomic E-state index is 0.105. The maximum absolute atomic E-state index is 13.9. The Morgan fingerprint density at radius 3 is 2.08 bits per heavy atom. The highest BCUT2D eigenvalue weighted by molar-refractivity contribution is 7.94. The number of sulfone groups is 1. The van der Waals surface area contributed by atoms with Crippen molar-refractivity contribution >= 4 is 27.3 Å². The number of rotatable bonds is 4. The quantitative estimate of drug-likeness (QED) is 0.554. The number of hydrogen-bond acceptors (Lipinski definition) is 2. The third-order valence-electron chi connectivity index (χ3n) is 2.99. The molecule has 2 rings (SSSR count). The molecular formula is C15H8ClF5O2S. The second-order valence-corrected chi connectivity index (χ2v) is 7.01. The van der Waals surface area contributed by atoms with Gasteiger partial charge in [0.25, 0.3) is 5.16 Å². The van der Waals surface area contributed by atoms with Crippen LogP contribution in [0, 0.1) is 17.5 Å². The summed E-state index contributed by atoms with van der Waals surface area (Å²) in [5.41, 5.74) is -1.22. The summed E-state index contributed by atoms with van der Waals surface area (Å²) in [6.07, 6.45) is 0. The van der Waals surface area contributed by atoms with Gasteiger partial charge in [-0.2, -0.15) is 4.39 Å². The maximum Gasteiger partial charge on any atom is 0.251 e. The van der Waals surface area contributed by atoms with Gasteiger partial charge in [-0.1, -0.05) is 23.7 Å². The molecule has 128 valence electrons. The van der Waals surface area contributed by atoms with E-state index in [1.165, 1.54) is 24.3 Å². The smallest absolute Gasteiger partial charge is 0.221 e. The third-order valence-corrected chi connectivity index (χ3v) is 4.68. The molecule has 0 bridgehead atoms. The first kappa shape index (κ1) is 18.4. The summed E-state index contributed by atoms with van der Waals surface area (Å²) in [6, 6.07) is 6.01. The van der Waals surface area contributed by atoms with Crippen LogP contribution in [0.2, 0.25) is 5.02 Å². The Labute approximate surface area is 139 Å². The highest BCUT2D eigenvalue weighted by Crippen LogP contribution is 2.30. The van der Waals surface area contributed by atoms with Gasteiger partial charge in [0.05, 0.1) is 11.3 Å². The normalized spacial score (nSPS) is 12.9. The second-order valence-electron chi connectivity index (χ2n) is 4.70. The van der Waals surface area contributed by atoms with Crippen LogP contribution in [0.5, 0.6) is 0 Å². The van der Waals surface area contributed by atoms with Gasteiger partial charge in [-0.25, -0.2) is 26.0 Å². The molecule has 0 heterocycles. The monoisotopic (exact) mass is 382 g/mol. The van der Waals surface area contributed by atoms with Crippen LogP contribution >= 0.6 is 11.6 Å². The molecule has 0 aliphatic heterocycles. The first-order chi connectivity index (χ1) is 11.1. The van der Waals surface area contributed by atoms with Crippen molar-refractivity contribution in [3.63, 3.8) is 0 Å². The van der Waals surface area contributed by atoms with E-state index in [9.17, 15) is 30.4 Å². The van der Waals surface area contributed by atoms with E-state index in [2.05, 4.69) is 0 Å². The van der Waals surface area contributed by atoms with Gasteiger partial charge in [0.1, 0.15) is 0 Å². The number of benzene rings is 2. The van der Waals surface area contributed by atoms with Crippen LogP contribution in [-0.4, -0.2) is 8.42 Å². The average molecular weight is 383 g/mol. The summed E-state index contributed by atoms with van der Waals surface area (Å²) in [6.45, 7) is 0. The molecule has 0 amide bonds. The number of hydrogen-bond donors (Lipinski definition) is 0. The SMILES string of the molecule is O=S(=O)(Cc1ccc(Cl)cc1)/C(F)=C(\F)c1ccc(F)c(F)c1F. The fourth-order valence-corrected chi connectivity index (χ4v) is 3.07. The lowest BCUT2D eigenvalue weighted by Gasteiger charge is -2.06. The molecule has 0 radical (unpaired) electrons. The summed E-state index contributed by atoms with van der Waals surface area (Å²) >= 11 is 5.62. The third kappa shape index (κ3) is 3.76. The Morgan fingerprint density at radius 1 is 0.917 bits per heavy atom. The van der Waals surface area contributed by atoms with Crippen molar-refractivity contribution in [2.75, 3.05) is 0 Å². The zero-order chi connectivity index (χ0) is 18.1. The van der Waals surface area contributed by atoms with E-state index in [0.717, 1.165) is 0 Å². The van der Waals surface area contributed by atoms with Crippen LogP contribution in [0.1, 0.15) is 11.1 Å². The van der Waals surface area contributed by atoms with E-state index < -0.39 is 49.6 Å². The molecule has 0 atom stereocenters. The predicted octanol–water partition coefficient (Wildman–Crippen LogP) is 4.94. The van der Waals surface area contributed by atoms with Crippen LogP contribution in [0.4, 0.5) is 22.0 Å². The first-order valence-electron chi connectivity index (χ1n) is 6.30. The molecule has 0 spiro atoms. The van der Waals surface area contributed by atoms with Crippen molar-refractivity contribution in [2.24, 2.45) is 0 Å². The van der Waals surface area contributed by atoms with E-state index in [0.29, 0.717) is 17.2 Å². The fraction of sp³-hybridized carbons (Fsp3) is 0.0667. The lowest BCUT2D eigenvalue weighted by Crippen LogP contribution is -2.07. The lowest BCUT2D eigenvalue weighted by atomic mass is 10.2. The molecule has 0 aliphatic rings. The van der Waals surface area contributed by atoms with E-state index in [1.54, 1.807) is 0 Å². The zero-order valence-corrected chi connectivity index (χ0v) is 13.2. The van der Waals surface area contributed by atoms with Gasteiger partial charge < -0.3 is 0 Å². The highest BCUT2D eigenvalue weighted by Gasteiger charge is 2.27. The summed E-state index contributed by atoms with van der Waals surface area (Å²) in [5.74, 6) is -8.74. The molecular weight excluding hydrogens is 375 g/mol. The Kier molecular flexibility index (Phi) is 5.29. The van der Waals surface area contributed by atoms with E-state index >= 15 is 0 Å². The van der Waals surface area contributed by atoms with Crippen LogP contribution < -0.4 is 0 Å². The average Bonchev–Trinajstić information content (AvgIpc) is 2.53. The molecule has 0 fully saturated rings. The molecule has 2 aromatic rings. The van der Waals surface area contributed by atoms with Crippen molar-refractivity contribution in [2.45, 2.75) is 5.75 Å². The standard InChI is InChI=1S/C15H8ClF5O2S/c16-9-3-1-8(2-4-9)7-24(22,23)15(21)13(19)10-5-6-11(17)14(20)12(10)18/h1-6H,7H2/b15-13-. The first-order valence-corrected chi connectivity index (χ1v) is 8.33. The minimum atomic E-state index is -4.80.